The van der Waals surface area contributed by atoms with Gasteiger partial charge in [-0.25, -0.2) is 0 Å². The van der Waals surface area contributed by atoms with E-state index in [-0.39, 0.29) is 6.10 Å². The lowest BCUT2D eigenvalue weighted by Gasteiger charge is -2.37. The van der Waals surface area contributed by atoms with Crippen molar-refractivity contribution in [3.8, 4) is 0 Å². The molecule has 1 saturated heterocycles. The molecule has 0 aromatic carbocycles. The van der Waals surface area contributed by atoms with Gasteiger partial charge in [0.2, 0.25) is 0 Å². The first-order chi connectivity index (χ1) is 6.77. The fourth-order valence-electron chi connectivity index (χ4n) is 3.41. The second-order valence-electron chi connectivity index (χ2n) is 4.83. The van der Waals surface area contributed by atoms with E-state index in [0.29, 0.717) is 17.9 Å². The highest BCUT2D eigenvalue weighted by molar-refractivity contribution is 4.94. The van der Waals surface area contributed by atoms with Gasteiger partial charge in [-0.15, -0.1) is 0 Å². The van der Waals surface area contributed by atoms with E-state index in [9.17, 15) is 5.11 Å². The summed E-state index contributed by atoms with van der Waals surface area (Å²) in [5, 5.41) is 9.93. The van der Waals surface area contributed by atoms with Crippen LogP contribution >= 0.6 is 0 Å². The summed E-state index contributed by atoms with van der Waals surface area (Å²) < 4.78 is 5.79. The molecule has 82 valence electrons. The zero-order chi connectivity index (χ0) is 10.1. The summed E-state index contributed by atoms with van der Waals surface area (Å²) in [4.78, 5) is 0. The van der Waals surface area contributed by atoms with Crippen molar-refractivity contribution in [1.29, 1.82) is 0 Å². The van der Waals surface area contributed by atoms with E-state index in [4.69, 9.17) is 4.74 Å². The Morgan fingerprint density at radius 2 is 2.00 bits per heavy atom. The first-order valence-corrected chi connectivity index (χ1v) is 6.07. The Bertz CT molecular complexity index is 193. The highest BCUT2D eigenvalue weighted by atomic mass is 16.5. The summed E-state index contributed by atoms with van der Waals surface area (Å²) in [6.45, 7) is 5.26. The zero-order valence-corrected chi connectivity index (χ0v) is 9.28. The van der Waals surface area contributed by atoms with Crippen LogP contribution < -0.4 is 0 Å². The molecule has 2 fully saturated rings. The lowest BCUT2D eigenvalue weighted by Crippen LogP contribution is -2.39. The monoisotopic (exact) mass is 198 g/mol. The number of aliphatic hydroxyl groups excluding tert-OH is 1. The van der Waals surface area contributed by atoms with Crippen LogP contribution in [0.3, 0.4) is 0 Å². The van der Waals surface area contributed by atoms with Gasteiger partial charge in [0.25, 0.3) is 0 Å². The molecule has 2 rings (SSSR count). The average molecular weight is 198 g/mol. The fraction of sp³-hybridized carbons (Fsp3) is 1.00. The lowest BCUT2D eigenvalue weighted by atomic mass is 9.68. The summed E-state index contributed by atoms with van der Waals surface area (Å²) in [7, 11) is 0. The van der Waals surface area contributed by atoms with Crippen LogP contribution in [-0.2, 0) is 4.74 Å². The van der Waals surface area contributed by atoms with Crippen molar-refractivity contribution in [1.82, 2.24) is 0 Å². The van der Waals surface area contributed by atoms with Crippen molar-refractivity contribution >= 4 is 0 Å². The first kappa shape index (κ1) is 10.4. The third-order valence-corrected chi connectivity index (χ3v) is 4.22. The Morgan fingerprint density at radius 3 is 2.64 bits per heavy atom. The number of fused-ring (bicyclic) bond motifs is 1. The van der Waals surface area contributed by atoms with E-state index in [0.717, 1.165) is 25.4 Å². The van der Waals surface area contributed by atoms with Crippen LogP contribution in [0.25, 0.3) is 0 Å². The Labute approximate surface area is 86.6 Å². The predicted molar refractivity (Wildman–Crippen MR) is 56.0 cm³/mol. The molecule has 2 heteroatoms. The fourth-order valence-corrected chi connectivity index (χ4v) is 3.41. The van der Waals surface area contributed by atoms with Gasteiger partial charge in [-0.1, -0.05) is 20.3 Å². The molecule has 2 nitrogen and oxygen atoms in total. The third kappa shape index (κ3) is 1.59. The van der Waals surface area contributed by atoms with Gasteiger partial charge in [0.1, 0.15) is 0 Å². The number of hydrogen-bond acceptors (Lipinski definition) is 2. The van der Waals surface area contributed by atoms with Crippen LogP contribution in [0, 0.1) is 17.8 Å². The summed E-state index contributed by atoms with van der Waals surface area (Å²) >= 11 is 0. The van der Waals surface area contributed by atoms with Crippen LogP contribution in [0.5, 0.6) is 0 Å². The van der Waals surface area contributed by atoms with E-state index in [1.165, 1.54) is 12.8 Å². The molecule has 1 aliphatic heterocycles. The minimum atomic E-state index is -0.0978. The minimum absolute atomic E-state index is 0.0978. The van der Waals surface area contributed by atoms with E-state index in [2.05, 4.69) is 13.8 Å². The van der Waals surface area contributed by atoms with Crippen LogP contribution in [0.1, 0.15) is 39.5 Å². The Hall–Kier alpha value is -0.0800. The van der Waals surface area contributed by atoms with Crippen LogP contribution in [0.15, 0.2) is 0 Å². The van der Waals surface area contributed by atoms with Crippen LogP contribution in [0.4, 0.5) is 0 Å². The van der Waals surface area contributed by atoms with Crippen molar-refractivity contribution in [2.24, 2.45) is 17.8 Å². The quantitative estimate of drug-likeness (QED) is 0.737. The van der Waals surface area contributed by atoms with E-state index in [1.54, 1.807) is 0 Å². The summed E-state index contributed by atoms with van der Waals surface area (Å²) in [5.74, 6) is 1.85. The van der Waals surface area contributed by atoms with E-state index < -0.39 is 0 Å². The molecule has 1 N–H and O–H groups in total. The van der Waals surface area contributed by atoms with Crippen molar-refractivity contribution < 1.29 is 9.84 Å². The maximum absolute atomic E-state index is 9.93. The van der Waals surface area contributed by atoms with Crippen molar-refractivity contribution in [3.63, 3.8) is 0 Å². The topological polar surface area (TPSA) is 29.5 Å². The van der Waals surface area contributed by atoms with Gasteiger partial charge in [0.15, 0.2) is 0 Å². The molecule has 0 aromatic rings. The Morgan fingerprint density at radius 1 is 1.21 bits per heavy atom. The van der Waals surface area contributed by atoms with Gasteiger partial charge in [0, 0.05) is 5.92 Å². The van der Waals surface area contributed by atoms with Gasteiger partial charge in [-0.3, -0.25) is 0 Å². The maximum atomic E-state index is 9.93. The molecule has 1 saturated carbocycles. The molecule has 1 heterocycles. The molecule has 5 atom stereocenters. The molecule has 0 radical (unpaired) electrons. The van der Waals surface area contributed by atoms with Crippen molar-refractivity contribution in [3.05, 3.63) is 0 Å². The summed E-state index contributed by atoms with van der Waals surface area (Å²) in [5.41, 5.74) is 0. The first-order valence-electron chi connectivity index (χ1n) is 6.07. The molecule has 0 aromatic heterocycles. The Balaban J connectivity index is 2.12. The minimum Gasteiger partial charge on any atom is -0.393 e. The number of aliphatic hydroxyl groups is 1. The molecule has 0 spiro atoms. The predicted octanol–water partition coefficient (Wildman–Crippen LogP) is 2.21. The highest BCUT2D eigenvalue weighted by Crippen LogP contribution is 2.44. The molecule has 0 amide bonds. The largest absolute Gasteiger partial charge is 0.393 e. The second kappa shape index (κ2) is 4.19. The number of hydrogen-bond donors (Lipinski definition) is 1. The number of ether oxygens (including phenoxy) is 1. The van der Waals surface area contributed by atoms with E-state index in [1.807, 2.05) is 0 Å². The highest BCUT2D eigenvalue weighted by Gasteiger charge is 2.46. The normalized spacial score (nSPS) is 47.8. The molecule has 14 heavy (non-hydrogen) atoms. The molecule has 0 bridgehead atoms. The van der Waals surface area contributed by atoms with Crippen molar-refractivity contribution in [2.75, 3.05) is 6.61 Å². The molecular weight excluding hydrogens is 176 g/mol. The summed E-state index contributed by atoms with van der Waals surface area (Å²) in [6.07, 6.45) is 4.84. The van der Waals surface area contributed by atoms with Crippen LogP contribution in [-0.4, -0.2) is 23.9 Å². The second-order valence-corrected chi connectivity index (χ2v) is 4.83. The molecular formula is C12H22O2. The lowest BCUT2D eigenvalue weighted by molar-refractivity contribution is 0.0158. The summed E-state index contributed by atoms with van der Waals surface area (Å²) in [6, 6.07) is 0. The van der Waals surface area contributed by atoms with E-state index >= 15 is 0 Å². The van der Waals surface area contributed by atoms with Crippen LogP contribution in [0.2, 0.25) is 0 Å². The van der Waals surface area contributed by atoms with Gasteiger partial charge < -0.3 is 9.84 Å². The zero-order valence-electron chi connectivity index (χ0n) is 9.28. The van der Waals surface area contributed by atoms with Gasteiger partial charge in [-0.2, -0.15) is 0 Å². The smallest absolute Gasteiger partial charge is 0.0607 e. The number of rotatable bonds is 2. The van der Waals surface area contributed by atoms with Gasteiger partial charge in [-0.05, 0) is 31.1 Å². The average Bonchev–Trinajstić information content (AvgIpc) is 2.63. The van der Waals surface area contributed by atoms with Crippen molar-refractivity contribution in [2.45, 2.75) is 51.7 Å². The molecule has 2 aliphatic rings. The van der Waals surface area contributed by atoms with Gasteiger partial charge in [0.05, 0.1) is 18.8 Å². The standard InChI is InChI=1S/C12H22O2/c1-3-8-5-6-10(13)9-7-14-11(4-2)12(8)9/h8-13H,3-7H2,1-2H3. The molecule has 1 aliphatic carbocycles. The SMILES string of the molecule is CCC1CCC(O)C2COC(CC)C12. The molecule has 5 unspecified atom stereocenters. The Kier molecular flexibility index (Phi) is 3.13. The van der Waals surface area contributed by atoms with Gasteiger partial charge >= 0.3 is 0 Å². The maximum Gasteiger partial charge on any atom is 0.0607 e. The third-order valence-electron chi connectivity index (χ3n) is 4.22.